The van der Waals surface area contributed by atoms with Crippen LogP contribution in [0, 0.1) is 5.82 Å². The van der Waals surface area contributed by atoms with E-state index in [9.17, 15) is 4.39 Å². The fraction of sp³-hybridized carbons (Fsp3) is 0.500. The highest BCUT2D eigenvalue weighted by Crippen LogP contribution is 2.16. The van der Waals surface area contributed by atoms with Crippen molar-refractivity contribution in [3.05, 3.63) is 54.0 Å². The third-order valence-electron chi connectivity index (χ3n) is 5.45. The lowest BCUT2D eigenvalue weighted by molar-refractivity contribution is 0.198. The molecule has 1 unspecified atom stereocenters. The Bertz CT molecular complexity index is 876. The van der Waals surface area contributed by atoms with Crippen LogP contribution < -0.4 is 20.3 Å². The first-order valence-corrected chi connectivity index (χ1v) is 11.4. The van der Waals surface area contributed by atoms with E-state index in [1.807, 2.05) is 26.1 Å². The van der Waals surface area contributed by atoms with Crippen molar-refractivity contribution in [1.29, 1.82) is 0 Å². The standard InChI is InChI=1S/C24H35FN6O.HI/c1-4-21(32-22-8-6-7-20(25)16-22)18-29-24(26-5-2)28-17-19-9-10-27-23(15-19)31-13-11-30(3)12-14-31;/h6-10,15-16,21H,4-5,11-14,17-18H2,1-3H3,(H2,26,28,29);1H. The molecule has 182 valence electrons. The molecule has 0 spiro atoms. The third kappa shape index (κ3) is 8.96. The molecule has 7 nitrogen and oxygen atoms in total. The number of halogens is 2. The van der Waals surface area contributed by atoms with Gasteiger partial charge in [-0.25, -0.2) is 14.4 Å². The van der Waals surface area contributed by atoms with Gasteiger partial charge in [0.05, 0.1) is 13.1 Å². The molecule has 0 bridgehead atoms. The quantitative estimate of drug-likeness (QED) is 0.274. The summed E-state index contributed by atoms with van der Waals surface area (Å²) in [6, 6.07) is 10.4. The molecule has 1 aliphatic heterocycles. The van der Waals surface area contributed by atoms with Crippen LogP contribution in [-0.4, -0.2) is 68.3 Å². The average Bonchev–Trinajstić information content (AvgIpc) is 2.80. The lowest BCUT2D eigenvalue weighted by Crippen LogP contribution is -2.44. The van der Waals surface area contributed by atoms with Gasteiger partial charge in [-0.2, -0.15) is 0 Å². The zero-order valence-corrected chi connectivity index (χ0v) is 22.1. The van der Waals surface area contributed by atoms with Crippen molar-refractivity contribution >= 4 is 35.8 Å². The first-order chi connectivity index (χ1) is 15.6. The zero-order valence-electron chi connectivity index (χ0n) is 19.8. The number of piperazine rings is 1. The predicted molar refractivity (Wildman–Crippen MR) is 143 cm³/mol. The minimum absolute atomic E-state index is 0. The van der Waals surface area contributed by atoms with Crippen molar-refractivity contribution in [2.45, 2.75) is 32.9 Å². The smallest absolute Gasteiger partial charge is 0.191 e. The molecule has 2 heterocycles. The number of hydrogen-bond donors (Lipinski definition) is 2. The Morgan fingerprint density at radius 3 is 2.64 bits per heavy atom. The average molecular weight is 570 g/mol. The van der Waals surface area contributed by atoms with E-state index in [0.717, 1.165) is 56.5 Å². The molecule has 33 heavy (non-hydrogen) atoms. The van der Waals surface area contributed by atoms with Crippen LogP contribution in [0.3, 0.4) is 0 Å². The van der Waals surface area contributed by atoms with E-state index in [1.165, 1.54) is 12.1 Å². The molecule has 1 fully saturated rings. The minimum Gasteiger partial charge on any atom is -0.489 e. The van der Waals surface area contributed by atoms with Crippen molar-refractivity contribution in [1.82, 2.24) is 20.5 Å². The van der Waals surface area contributed by atoms with Gasteiger partial charge in [-0.1, -0.05) is 13.0 Å². The zero-order chi connectivity index (χ0) is 22.8. The molecular weight excluding hydrogens is 534 g/mol. The number of ether oxygens (including phenoxy) is 1. The number of aliphatic imine (C=N–C) groups is 1. The van der Waals surface area contributed by atoms with E-state index in [-0.39, 0.29) is 35.9 Å². The number of guanidine groups is 1. The van der Waals surface area contributed by atoms with E-state index in [4.69, 9.17) is 9.73 Å². The lowest BCUT2D eigenvalue weighted by Gasteiger charge is -2.33. The van der Waals surface area contributed by atoms with E-state index in [0.29, 0.717) is 18.8 Å². The summed E-state index contributed by atoms with van der Waals surface area (Å²) < 4.78 is 19.4. The van der Waals surface area contributed by atoms with Gasteiger partial charge < -0.3 is 25.2 Å². The van der Waals surface area contributed by atoms with E-state index in [1.54, 1.807) is 12.1 Å². The van der Waals surface area contributed by atoms with Gasteiger partial charge in [0.15, 0.2) is 5.96 Å². The highest BCUT2D eigenvalue weighted by molar-refractivity contribution is 14.0. The van der Waals surface area contributed by atoms with Gasteiger partial charge in [0.2, 0.25) is 0 Å². The number of nitrogens with zero attached hydrogens (tertiary/aromatic N) is 4. The fourth-order valence-electron chi connectivity index (χ4n) is 3.49. The van der Waals surface area contributed by atoms with Crippen LogP contribution >= 0.6 is 24.0 Å². The highest BCUT2D eigenvalue weighted by Gasteiger charge is 2.15. The van der Waals surface area contributed by atoms with Gasteiger partial charge >= 0.3 is 0 Å². The summed E-state index contributed by atoms with van der Waals surface area (Å²) in [5.41, 5.74) is 1.12. The van der Waals surface area contributed by atoms with E-state index >= 15 is 0 Å². The maximum atomic E-state index is 13.4. The summed E-state index contributed by atoms with van der Waals surface area (Å²) in [6.07, 6.45) is 2.56. The van der Waals surface area contributed by atoms with Gasteiger partial charge in [-0.15, -0.1) is 24.0 Å². The van der Waals surface area contributed by atoms with Crippen LogP contribution in [0.4, 0.5) is 10.2 Å². The number of rotatable bonds is 9. The number of pyridine rings is 1. The molecule has 1 aromatic heterocycles. The molecule has 2 aromatic rings. The van der Waals surface area contributed by atoms with Crippen LogP contribution in [-0.2, 0) is 6.54 Å². The number of anilines is 1. The van der Waals surface area contributed by atoms with Crippen molar-refractivity contribution in [3.8, 4) is 5.75 Å². The Kier molecular flexibility index (Phi) is 11.7. The van der Waals surface area contributed by atoms with Gasteiger partial charge in [-0.05, 0) is 50.2 Å². The summed E-state index contributed by atoms with van der Waals surface area (Å²) >= 11 is 0. The van der Waals surface area contributed by atoms with Crippen LogP contribution in [0.2, 0.25) is 0 Å². The highest BCUT2D eigenvalue weighted by atomic mass is 127. The van der Waals surface area contributed by atoms with Gasteiger partial charge in [0.25, 0.3) is 0 Å². The Labute approximate surface area is 213 Å². The molecule has 1 aliphatic rings. The molecule has 1 saturated heterocycles. The molecule has 3 rings (SSSR count). The number of hydrogen-bond acceptors (Lipinski definition) is 5. The number of likely N-dealkylation sites (N-methyl/N-ethyl adjacent to an activating group) is 1. The van der Waals surface area contributed by atoms with Crippen molar-refractivity contribution in [2.75, 3.05) is 51.2 Å². The van der Waals surface area contributed by atoms with Crippen molar-refractivity contribution < 1.29 is 9.13 Å². The molecule has 0 saturated carbocycles. The topological polar surface area (TPSA) is 65.0 Å². The Morgan fingerprint density at radius 2 is 1.94 bits per heavy atom. The maximum Gasteiger partial charge on any atom is 0.191 e. The van der Waals surface area contributed by atoms with Gasteiger partial charge in [-0.3, -0.25) is 0 Å². The SMILES string of the molecule is CCNC(=NCc1ccnc(N2CCN(C)CC2)c1)NCC(CC)Oc1cccc(F)c1.I. The third-order valence-corrected chi connectivity index (χ3v) is 5.45. The first-order valence-electron chi connectivity index (χ1n) is 11.4. The Balaban J connectivity index is 0.00000385. The number of nitrogens with one attached hydrogen (secondary N) is 2. The van der Waals surface area contributed by atoms with E-state index < -0.39 is 0 Å². The molecule has 1 aromatic carbocycles. The summed E-state index contributed by atoms with van der Waals surface area (Å²) in [4.78, 5) is 13.9. The predicted octanol–water partition coefficient (Wildman–Crippen LogP) is 3.50. The van der Waals surface area contributed by atoms with Gasteiger partial charge in [0.1, 0.15) is 23.5 Å². The minimum atomic E-state index is -0.298. The van der Waals surface area contributed by atoms with Crippen molar-refractivity contribution in [2.24, 2.45) is 4.99 Å². The van der Waals surface area contributed by atoms with Crippen LogP contribution in [0.15, 0.2) is 47.6 Å². The van der Waals surface area contributed by atoms with Crippen LogP contribution in [0.1, 0.15) is 25.8 Å². The second kappa shape index (κ2) is 14.2. The monoisotopic (exact) mass is 570 g/mol. The maximum absolute atomic E-state index is 13.4. The second-order valence-corrected chi connectivity index (χ2v) is 7.99. The number of aromatic nitrogens is 1. The summed E-state index contributed by atoms with van der Waals surface area (Å²) in [5, 5.41) is 6.63. The Hall–Kier alpha value is -2.14. The molecule has 9 heteroatoms. The number of benzene rings is 1. The second-order valence-electron chi connectivity index (χ2n) is 7.99. The van der Waals surface area contributed by atoms with Crippen LogP contribution in [0.5, 0.6) is 5.75 Å². The first kappa shape index (κ1) is 27.1. The molecule has 2 N–H and O–H groups in total. The molecule has 0 radical (unpaired) electrons. The summed E-state index contributed by atoms with van der Waals surface area (Å²) in [7, 11) is 2.15. The molecule has 0 amide bonds. The van der Waals surface area contributed by atoms with Crippen LogP contribution in [0.25, 0.3) is 0 Å². The normalized spacial score (nSPS) is 15.5. The molecule has 1 atom stereocenters. The molecule has 0 aliphatic carbocycles. The van der Waals surface area contributed by atoms with Gasteiger partial charge in [0, 0.05) is 45.0 Å². The fourth-order valence-corrected chi connectivity index (χ4v) is 3.49. The largest absolute Gasteiger partial charge is 0.489 e. The summed E-state index contributed by atoms with van der Waals surface area (Å²) in [5.74, 6) is 1.98. The lowest BCUT2D eigenvalue weighted by atomic mass is 10.2. The Morgan fingerprint density at radius 1 is 1.15 bits per heavy atom. The van der Waals surface area contributed by atoms with Crippen molar-refractivity contribution in [3.63, 3.8) is 0 Å². The summed E-state index contributed by atoms with van der Waals surface area (Å²) in [6.45, 7) is 10.1. The van der Waals surface area contributed by atoms with E-state index in [2.05, 4.69) is 38.5 Å². The molecular formula is C24H36FIN6O.